The SMILES string of the molecule is C[C@@H](O[C@H]1OCCN(CC(N)=NNC(=O)O)[C@H]1c1ccc(F)cc1)c1cc(C(F)(F)F)cc(C(F)(F)F)c1. The van der Waals surface area contributed by atoms with Gasteiger partial charge < -0.3 is 20.3 Å². The summed E-state index contributed by atoms with van der Waals surface area (Å²) < 4.78 is 105. The van der Waals surface area contributed by atoms with Gasteiger partial charge in [0, 0.05) is 6.54 Å². The number of amides is 1. The quantitative estimate of drug-likeness (QED) is 0.196. The predicted octanol–water partition coefficient (Wildman–Crippen LogP) is 4.88. The van der Waals surface area contributed by atoms with Crippen LogP contribution in [-0.2, 0) is 21.8 Å². The van der Waals surface area contributed by atoms with Gasteiger partial charge in [0.25, 0.3) is 0 Å². The van der Waals surface area contributed by atoms with Gasteiger partial charge in [-0.1, -0.05) is 12.1 Å². The van der Waals surface area contributed by atoms with Gasteiger partial charge in [0.05, 0.1) is 36.4 Å². The van der Waals surface area contributed by atoms with Gasteiger partial charge in [0.15, 0.2) is 6.29 Å². The molecular weight excluding hydrogens is 529 g/mol. The number of hydrogen-bond acceptors (Lipinski definition) is 5. The highest BCUT2D eigenvalue weighted by molar-refractivity contribution is 5.83. The lowest BCUT2D eigenvalue weighted by Crippen LogP contribution is -2.49. The molecule has 0 spiro atoms. The van der Waals surface area contributed by atoms with Crippen LogP contribution in [0.25, 0.3) is 0 Å². The van der Waals surface area contributed by atoms with Gasteiger partial charge in [-0.25, -0.2) is 14.6 Å². The molecule has 1 amide bonds. The zero-order chi connectivity index (χ0) is 28.3. The number of carbonyl (C=O) groups is 1. The molecule has 38 heavy (non-hydrogen) atoms. The van der Waals surface area contributed by atoms with E-state index in [0.717, 1.165) is 12.1 Å². The fraction of sp³-hybridized carbons (Fsp3) is 0.391. The number of hydrogen-bond donors (Lipinski definition) is 3. The fourth-order valence-electron chi connectivity index (χ4n) is 3.86. The molecule has 1 aliphatic rings. The molecule has 1 fully saturated rings. The normalized spacial score (nSPS) is 20.3. The molecule has 0 saturated carbocycles. The number of nitrogens with one attached hydrogen (secondary N) is 1. The van der Waals surface area contributed by atoms with Crippen LogP contribution in [0.5, 0.6) is 0 Å². The number of amidine groups is 1. The van der Waals surface area contributed by atoms with E-state index >= 15 is 0 Å². The van der Waals surface area contributed by atoms with Crippen molar-refractivity contribution in [2.75, 3.05) is 19.7 Å². The van der Waals surface area contributed by atoms with Gasteiger partial charge in [0.2, 0.25) is 0 Å². The predicted molar refractivity (Wildman–Crippen MR) is 119 cm³/mol. The Balaban J connectivity index is 1.94. The lowest BCUT2D eigenvalue weighted by Gasteiger charge is -2.41. The van der Waals surface area contributed by atoms with Crippen LogP contribution in [0.4, 0.5) is 35.5 Å². The average Bonchev–Trinajstić information content (AvgIpc) is 2.82. The molecule has 0 aliphatic carbocycles. The molecule has 1 aliphatic heterocycles. The minimum Gasteiger partial charge on any atom is -0.464 e. The first-order valence-corrected chi connectivity index (χ1v) is 11.0. The standard InChI is InChI=1S/C23H23F7N4O4/c1-12(14-8-15(22(25,26)27)10-16(9-14)23(28,29)30)38-20-19(13-2-4-17(24)5-3-13)34(6-7-37-20)11-18(31)32-33-21(35)36/h2-5,8-10,12,19-20,33H,6-7,11H2,1H3,(H2,31,32)(H,35,36)/t12-,19+,20-/m1/s1. The van der Waals surface area contributed by atoms with Crippen molar-refractivity contribution in [3.63, 3.8) is 0 Å². The summed E-state index contributed by atoms with van der Waals surface area (Å²) in [5.74, 6) is -0.709. The van der Waals surface area contributed by atoms with Crippen molar-refractivity contribution < 1.29 is 50.1 Å². The first-order valence-electron chi connectivity index (χ1n) is 11.0. The Bertz CT molecular complexity index is 1120. The minimum absolute atomic E-state index is 0.0175. The Morgan fingerprint density at radius 1 is 1.16 bits per heavy atom. The van der Waals surface area contributed by atoms with Crippen LogP contribution in [-0.4, -0.2) is 47.9 Å². The van der Waals surface area contributed by atoms with Crippen molar-refractivity contribution in [2.45, 2.75) is 37.7 Å². The monoisotopic (exact) mass is 552 g/mol. The number of ether oxygens (including phenoxy) is 2. The molecule has 2 aromatic rings. The summed E-state index contributed by atoms with van der Waals surface area (Å²) in [5, 5.41) is 12.2. The molecule has 1 heterocycles. The van der Waals surface area contributed by atoms with Crippen molar-refractivity contribution in [1.29, 1.82) is 0 Å². The van der Waals surface area contributed by atoms with E-state index in [9.17, 15) is 35.5 Å². The van der Waals surface area contributed by atoms with Gasteiger partial charge in [-0.2, -0.15) is 31.4 Å². The number of halogens is 7. The molecule has 8 nitrogen and oxygen atoms in total. The molecular formula is C23H23F7N4O4. The van der Waals surface area contributed by atoms with Crippen molar-refractivity contribution in [3.8, 4) is 0 Å². The molecule has 3 rings (SSSR count). The van der Waals surface area contributed by atoms with Crippen molar-refractivity contribution in [3.05, 3.63) is 70.5 Å². The van der Waals surface area contributed by atoms with E-state index in [0.29, 0.717) is 17.7 Å². The Kier molecular flexibility index (Phi) is 8.84. The zero-order valence-electron chi connectivity index (χ0n) is 19.7. The number of rotatable bonds is 7. The maximum atomic E-state index is 13.6. The second-order valence-corrected chi connectivity index (χ2v) is 8.34. The number of alkyl halides is 6. The van der Waals surface area contributed by atoms with Gasteiger partial charge >= 0.3 is 18.4 Å². The van der Waals surface area contributed by atoms with Crippen molar-refractivity contribution >= 4 is 11.9 Å². The van der Waals surface area contributed by atoms with E-state index in [1.54, 1.807) is 10.3 Å². The highest BCUT2D eigenvalue weighted by Gasteiger charge is 2.39. The van der Waals surface area contributed by atoms with Crippen LogP contribution in [0.1, 0.15) is 41.3 Å². The van der Waals surface area contributed by atoms with Crippen LogP contribution in [0.2, 0.25) is 0 Å². The lowest BCUT2D eigenvalue weighted by molar-refractivity contribution is -0.227. The summed E-state index contributed by atoms with van der Waals surface area (Å²) in [6.45, 7) is 1.38. The van der Waals surface area contributed by atoms with Crippen LogP contribution < -0.4 is 11.2 Å². The molecule has 0 bridgehead atoms. The van der Waals surface area contributed by atoms with Gasteiger partial charge in [-0.05, 0) is 48.4 Å². The topological polar surface area (TPSA) is 109 Å². The Hall–Kier alpha value is -3.43. The lowest BCUT2D eigenvalue weighted by atomic mass is 10.0. The van der Waals surface area contributed by atoms with Crippen LogP contribution in [0.15, 0.2) is 47.6 Å². The van der Waals surface area contributed by atoms with Crippen LogP contribution in [0, 0.1) is 5.82 Å². The highest BCUT2D eigenvalue weighted by Crippen LogP contribution is 2.39. The van der Waals surface area contributed by atoms with E-state index in [-0.39, 0.29) is 31.6 Å². The number of benzene rings is 2. The third-order valence-electron chi connectivity index (χ3n) is 5.60. The minimum atomic E-state index is -5.04. The molecule has 1 saturated heterocycles. The van der Waals surface area contributed by atoms with E-state index in [4.69, 9.17) is 20.3 Å². The summed E-state index contributed by atoms with van der Waals surface area (Å²) in [5.41, 5.74) is 4.61. The molecule has 0 unspecified atom stereocenters. The summed E-state index contributed by atoms with van der Waals surface area (Å²) in [6.07, 6.45) is -14.1. The second-order valence-electron chi connectivity index (χ2n) is 8.34. The van der Waals surface area contributed by atoms with Gasteiger partial charge in [-0.15, -0.1) is 0 Å². The molecule has 2 aromatic carbocycles. The van der Waals surface area contributed by atoms with E-state index in [2.05, 4.69) is 5.10 Å². The number of morpholine rings is 1. The summed E-state index contributed by atoms with van der Waals surface area (Å²) in [6, 6.07) is 5.38. The van der Waals surface area contributed by atoms with Crippen LogP contribution >= 0.6 is 0 Å². The third-order valence-corrected chi connectivity index (χ3v) is 5.60. The first kappa shape index (κ1) is 29.1. The maximum absolute atomic E-state index is 13.6. The Morgan fingerprint density at radius 2 is 1.74 bits per heavy atom. The van der Waals surface area contributed by atoms with E-state index < -0.39 is 59.4 Å². The Morgan fingerprint density at radius 3 is 2.26 bits per heavy atom. The third kappa shape index (κ3) is 7.55. The van der Waals surface area contributed by atoms with Gasteiger partial charge in [0.1, 0.15) is 11.7 Å². The molecule has 0 aromatic heterocycles. The number of nitrogens with zero attached hydrogens (tertiary/aromatic N) is 2. The summed E-state index contributed by atoms with van der Waals surface area (Å²) in [4.78, 5) is 12.3. The molecule has 208 valence electrons. The number of nitrogens with two attached hydrogens (primary N) is 1. The van der Waals surface area contributed by atoms with E-state index in [1.807, 2.05) is 0 Å². The molecule has 3 atom stereocenters. The van der Waals surface area contributed by atoms with Crippen molar-refractivity contribution in [2.24, 2.45) is 10.8 Å². The smallest absolute Gasteiger partial charge is 0.425 e. The van der Waals surface area contributed by atoms with Crippen LogP contribution in [0.3, 0.4) is 0 Å². The summed E-state index contributed by atoms with van der Waals surface area (Å²) in [7, 11) is 0. The zero-order valence-corrected chi connectivity index (χ0v) is 19.7. The second kappa shape index (κ2) is 11.5. The number of hydrazone groups is 1. The Labute approximate surface area is 211 Å². The number of carboxylic acid groups (broad SMARTS) is 1. The largest absolute Gasteiger partial charge is 0.464 e. The maximum Gasteiger partial charge on any atom is 0.425 e. The molecule has 15 heteroatoms. The summed E-state index contributed by atoms with van der Waals surface area (Å²) >= 11 is 0. The van der Waals surface area contributed by atoms with Crippen molar-refractivity contribution in [1.82, 2.24) is 10.3 Å². The first-order chi connectivity index (χ1) is 17.6. The molecule has 0 radical (unpaired) electrons. The van der Waals surface area contributed by atoms with E-state index in [1.165, 1.54) is 19.1 Å². The fourth-order valence-corrected chi connectivity index (χ4v) is 3.86. The average molecular weight is 552 g/mol. The highest BCUT2D eigenvalue weighted by atomic mass is 19.4. The van der Waals surface area contributed by atoms with Gasteiger partial charge in [-0.3, -0.25) is 4.90 Å². The molecule has 4 N–H and O–H groups in total.